The van der Waals surface area contributed by atoms with Gasteiger partial charge < -0.3 is 5.32 Å². The van der Waals surface area contributed by atoms with Crippen molar-refractivity contribution in [3.63, 3.8) is 0 Å². The molecule has 2 N–H and O–H groups in total. The molecule has 0 bridgehead atoms. The van der Waals surface area contributed by atoms with Gasteiger partial charge in [-0.25, -0.2) is 5.43 Å². The molecule has 2 rings (SSSR count). The third kappa shape index (κ3) is 5.49. The number of anilines is 1. The van der Waals surface area contributed by atoms with E-state index in [4.69, 9.17) is 0 Å². The number of hydrogen-bond acceptors (Lipinski definition) is 3. The quantitative estimate of drug-likeness (QED) is 0.565. The second-order valence-corrected chi connectivity index (χ2v) is 6.84. The van der Waals surface area contributed by atoms with Crippen LogP contribution in [-0.2, 0) is 4.79 Å². The highest BCUT2D eigenvalue weighted by atomic mass is 79.9. The summed E-state index contributed by atoms with van der Waals surface area (Å²) in [4.78, 5) is 12.1. The number of halogens is 1. The van der Waals surface area contributed by atoms with E-state index in [-0.39, 0.29) is 11.9 Å². The molecule has 2 aromatic carbocycles. The van der Waals surface area contributed by atoms with Crippen LogP contribution in [0.15, 0.2) is 58.1 Å². The number of rotatable bonds is 6. The first-order chi connectivity index (χ1) is 11.5. The van der Waals surface area contributed by atoms with Gasteiger partial charge in [-0.15, -0.1) is 0 Å². The molecular weight excluding hydrogens is 366 g/mol. The first-order valence-corrected chi connectivity index (χ1v) is 8.70. The Hall–Kier alpha value is -2.14. The molecule has 1 atom stereocenters. The smallest absolute Gasteiger partial charge is 0.262 e. The summed E-state index contributed by atoms with van der Waals surface area (Å²) in [6.45, 7) is 6.11. The van der Waals surface area contributed by atoms with Gasteiger partial charge in [-0.05, 0) is 48.2 Å². The van der Waals surface area contributed by atoms with Crippen LogP contribution in [0.25, 0.3) is 0 Å². The number of carbonyl (C=O) groups is 1. The van der Waals surface area contributed by atoms with Crippen LogP contribution < -0.4 is 10.7 Å². The molecule has 126 valence electrons. The van der Waals surface area contributed by atoms with Gasteiger partial charge in [0.2, 0.25) is 0 Å². The lowest BCUT2D eigenvalue weighted by Crippen LogP contribution is -2.34. The Kier molecular flexibility index (Phi) is 6.55. The minimum absolute atomic E-state index is 0.187. The van der Waals surface area contributed by atoms with E-state index in [0.717, 1.165) is 15.7 Å². The molecule has 0 saturated carbocycles. The van der Waals surface area contributed by atoms with Gasteiger partial charge in [0.1, 0.15) is 6.04 Å². The van der Waals surface area contributed by atoms with Crippen molar-refractivity contribution in [1.82, 2.24) is 5.43 Å². The highest BCUT2D eigenvalue weighted by Gasteiger charge is 2.11. The van der Waals surface area contributed by atoms with Crippen LogP contribution in [0.5, 0.6) is 0 Å². The van der Waals surface area contributed by atoms with Crippen LogP contribution in [0, 0.1) is 0 Å². The maximum atomic E-state index is 12.1. The van der Waals surface area contributed by atoms with Gasteiger partial charge in [-0.3, -0.25) is 4.79 Å². The van der Waals surface area contributed by atoms with Crippen LogP contribution >= 0.6 is 15.9 Å². The minimum Gasteiger partial charge on any atom is -0.374 e. The first kappa shape index (κ1) is 18.2. The lowest BCUT2D eigenvalue weighted by molar-refractivity contribution is -0.121. The van der Waals surface area contributed by atoms with Gasteiger partial charge in [-0.1, -0.05) is 54.0 Å². The zero-order valence-corrected chi connectivity index (χ0v) is 15.7. The Labute approximate surface area is 151 Å². The SMILES string of the molecule is CC(Nc1ccc(Br)cc1)C(=O)N/N=C/c1ccc(C(C)C)cc1. The van der Waals surface area contributed by atoms with Crippen molar-refractivity contribution in [1.29, 1.82) is 0 Å². The second-order valence-electron chi connectivity index (χ2n) is 5.93. The number of carbonyl (C=O) groups excluding carboxylic acids is 1. The van der Waals surface area contributed by atoms with Crippen molar-refractivity contribution >= 4 is 33.7 Å². The van der Waals surface area contributed by atoms with Crippen molar-refractivity contribution in [2.75, 3.05) is 5.32 Å². The number of hydrazone groups is 1. The summed E-state index contributed by atoms with van der Waals surface area (Å²) in [6, 6.07) is 15.4. The molecule has 0 saturated heterocycles. The molecule has 0 aliphatic carbocycles. The van der Waals surface area contributed by atoms with Gasteiger partial charge in [0.15, 0.2) is 0 Å². The van der Waals surface area contributed by atoms with Crippen LogP contribution in [0.4, 0.5) is 5.69 Å². The molecular formula is C19H22BrN3O. The number of amides is 1. The van der Waals surface area contributed by atoms with E-state index in [9.17, 15) is 4.79 Å². The fourth-order valence-corrected chi connectivity index (χ4v) is 2.36. The summed E-state index contributed by atoms with van der Waals surface area (Å²) in [5, 5.41) is 7.15. The molecule has 0 radical (unpaired) electrons. The van der Waals surface area contributed by atoms with Crippen LogP contribution in [-0.4, -0.2) is 18.2 Å². The minimum atomic E-state index is -0.383. The maximum absolute atomic E-state index is 12.1. The molecule has 0 fully saturated rings. The summed E-state index contributed by atoms with van der Waals surface area (Å²) < 4.78 is 0.998. The Balaban J connectivity index is 1.86. The van der Waals surface area contributed by atoms with Crippen molar-refractivity contribution in [2.45, 2.75) is 32.7 Å². The highest BCUT2D eigenvalue weighted by Crippen LogP contribution is 2.15. The third-order valence-corrected chi connectivity index (χ3v) is 4.14. The predicted octanol–water partition coefficient (Wildman–Crippen LogP) is 4.52. The molecule has 0 aliphatic rings. The Morgan fingerprint density at radius 1 is 1.04 bits per heavy atom. The van der Waals surface area contributed by atoms with E-state index in [1.54, 1.807) is 13.1 Å². The van der Waals surface area contributed by atoms with Crippen molar-refractivity contribution in [3.8, 4) is 0 Å². The average molecular weight is 388 g/mol. The normalized spacial score (nSPS) is 12.4. The first-order valence-electron chi connectivity index (χ1n) is 7.90. The largest absolute Gasteiger partial charge is 0.374 e. The Morgan fingerprint density at radius 2 is 1.67 bits per heavy atom. The van der Waals surface area contributed by atoms with Gasteiger partial charge in [0, 0.05) is 10.2 Å². The van der Waals surface area contributed by atoms with Gasteiger partial charge in [-0.2, -0.15) is 5.10 Å². The molecule has 0 heterocycles. The van der Waals surface area contributed by atoms with E-state index >= 15 is 0 Å². The number of benzene rings is 2. The van der Waals surface area contributed by atoms with Crippen LogP contribution in [0.3, 0.4) is 0 Å². The van der Waals surface area contributed by atoms with Gasteiger partial charge in [0.25, 0.3) is 5.91 Å². The highest BCUT2D eigenvalue weighted by molar-refractivity contribution is 9.10. The zero-order chi connectivity index (χ0) is 17.5. The summed E-state index contributed by atoms with van der Waals surface area (Å²) >= 11 is 3.38. The number of hydrogen-bond donors (Lipinski definition) is 2. The molecule has 0 aromatic heterocycles. The molecule has 1 amide bonds. The number of nitrogens with zero attached hydrogens (tertiary/aromatic N) is 1. The summed E-state index contributed by atoms with van der Waals surface area (Å²) in [5.74, 6) is 0.314. The standard InChI is InChI=1S/C19H22BrN3O/c1-13(2)16-6-4-15(5-7-16)12-21-23-19(24)14(3)22-18-10-8-17(20)9-11-18/h4-14,22H,1-3H3,(H,23,24)/b21-12+. The summed E-state index contributed by atoms with van der Waals surface area (Å²) in [7, 11) is 0. The van der Waals surface area contributed by atoms with Gasteiger partial charge >= 0.3 is 0 Å². The topological polar surface area (TPSA) is 53.5 Å². The molecule has 2 aromatic rings. The fourth-order valence-electron chi connectivity index (χ4n) is 2.10. The van der Waals surface area contributed by atoms with Gasteiger partial charge in [0.05, 0.1) is 6.21 Å². The summed E-state index contributed by atoms with van der Waals surface area (Å²) in [5.41, 5.74) is 5.68. The van der Waals surface area contributed by atoms with E-state index in [0.29, 0.717) is 5.92 Å². The van der Waals surface area contributed by atoms with E-state index in [2.05, 4.69) is 57.8 Å². The monoisotopic (exact) mass is 387 g/mol. The van der Waals surface area contributed by atoms with Crippen molar-refractivity contribution < 1.29 is 4.79 Å². The Morgan fingerprint density at radius 3 is 2.25 bits per heavy atom. The van der Waals surface area contributed by atoms with E-state index in [1.165, 1.54) is 5.56 Å². The predicted molar refractivity (Wildman–Crippen MR) is 103 cm³/mol. The maximum Gasteiger partial charge on any atom is 0.262 e. The van der Waals surface area contributed by atoms with Crippen molar-refractivity contribution in [2.24, 2.45) is 5.10 Å². The lowest BCUT2D eigenvalue weighted by Gasteiger charge is -2.13. The third-order valence-electron chi connectivity index (χ3n) is 3.61. The molecule has 0 aliphatic heterocycles. The second kappa shape index (κ2) is 8.64. The molecule has 5 heteroatoms. The number of nitrogens with one attached hydrogen (secondary N) is 2. The summed E-state index contributed by atoms with van der Waals surface area (Å²) in [6.07, 6.45) is 1.65. The zero-order valence-electron chi connectivity index (χ0n) is 14.1. The molecule has 24 heavy (non-hydrogen) atoms. The fraction of sp³-hybridized carbons (Fsp3) is 0.263. The van der Waals surface area contributed by atoms with Crippen LogP contribution in [0.1, 0.15) is 37.8 Å². The van der Waals surface area contributed by atoms with Crippen molar-refractivity contribution in [3.05, 3.63) is 64.1 Å². The molecule has 4 nitrogen and oxygen atoms in total. The molecule has 1 unspecified atom stereocenters. The Bertz CT molecular complexity index is 694. The van der Waals surface area contributed by atoms with E-state index < -0.39 is 0 Å². The lowest BCUT2D eigenvalue weighted by atomic mass is 10.0. The van der Waals surface area contributed by atoms with E-state index in [1.807, 2.05) is 36.4 Å². The molecule has 0 spiro atoms. The average Bonchev–Trinajstić information content (AvgIpc) is 2.57. The van der Waals surface area contributed by atoms with Crippen LogP contribution in [0.2, 0.25) is 0 Å².